The van der Waals surface area contributed by atoms with Gasteiger partial charge >= 0.3 is 0 Å². The number of nitrogens with zero attached hydrogens (tertiary/aromatic N) is 3. The van der Waals surface area contributed by atoms with Crippen molar-refractivity contribution in [1.29, 1.82) is 5.26 Å². The SMILES string of the molecule is Cc1cccc(N2C[C@H](C)N(C(=O)c3ccc(C#N)cc3)CC2=O)c1. The van der Waals surface area contributed by atoms with E-state index >= 15 is 0 Å². The maximum absolute atomic E-state index is 12.7. The fourth-order valence-corrected chi connectivity index (χ4v) is 3.02. The number of carbonyl (C=O) groups is 2. The van der Waals surface area contributed by atoms with E-state index in [1.165, 1.54) is 0 Å². The highest BCUT2D eigenvalue weighted by Gasteiger charge is 2.33. The molecule has 0 bridgehead atoms. The highest BCUT2D eigenvalue weighted by molar-refractivity contribution is 6.02. The number of hydrogen-bond acceptors (Lipinski definition) is 3. The molecule has 1 saturated heterocycles. The lowest BCUT2D eigenvalue weighted by Crippen LogP contribution is -2.57. The second-order valence-corrected chi connectivity index (χ2v) is 6.31. The maximum Gasteiger partial charge on any atom is 0.254 e. The molecular formula is C20H19N3O2. The van der Waals surface area contributed by atoms with E-state index in [0.29, 0.717) is 17.7 Å². The van der Waals surface area contributed by atoms with Gasteiger partial charge in [0.2, 0.25) is 5.91 Å². The lowest BCUT2D eigenvalue weighted by atomic mass is 10.1. The Hall–Kier alpha value is -3.13. The molecule has 0 unspecified atom stereocenters. The molecule has 126 valence electrons. The first-order valence-electron chi connectivity index (χ1n) is 8.18. The van der Waals surface area contributed by atoms with E-state index in [4.69, 9.17) is 5.26 Å². The number of nitriles is 1. The number of anilines is 1. The zero-order valence-corrected chi connectivity index (χ0v) is 14.3. The topological polar surface area (TPSA) is 64.4 Å². The number of piperazine rings is 1. The van der Waals surface area contributed by atoms with E-state index in [-0.39, 0.29) is 24.4 Å². The third-order valence-corrected chi connectivity index (χ3v) is 4.42. The van der Waals surface area contributed by atoms with Crippen LogP contribution in [0.2, 0.25) is 0 Å². The minimum Gasteiger partial charge on any atom is -0.325 e. The molecule has 2 aromatic carbocycles. The Morgan fingerprint density at radius 2 is 1.92 bits per heavy atom. The molecule has 0 N–H and O–H groups in total. The molecule has 0 saturated carbocycles. The number of carbonyl (C=O) groups excluding carboxylic acids is 2. The van der Waals surface area contributed by atoms with Crippen LogP contribution in [0.25, 0.3) is 0 Å². The Morgan fingerprint density at radius 3 is 2.56 bits per heavy atom. The monoisotopic (exact) mass is 333 g/mol. The Balaban J connectivity index is 1.78. The summed E-state index contributed by atoms with van der Waals surface area (Å²) in [5.41, 5.74) is 2.95. The third kappa shape index (κ3) is 3.38. The van der Waals surface area contributed by atoms with Crippen LogP contribution in [-0.2, 0) is 4.79 Å². The summed E-state index contributed by atoms with van der Waals surface area (Å²) in [6.45, 7) is 4.44. The molecule has 0 radical (unpaired) electrons. The standard InChI is InChI=1S/C20H19N3O2/c1-14-4-3-5-18(10-14)23-12-15(2)22(13-19(23)24)20(25)17-8-6-16(11-21)7-9-17/h3-10,15H,12-13H2,1-2H3/t15-/m0/s1. The minimum atomic E-state index is -0.186. The van der Waals surface area contributed by atoms with Gasteiger partial charge in [-0.2, -0.15) is 5.26 Å². The van der Waals surface area contributed by atoms with E-state index in [1.807, 2.05) is 44.2 Å². The minimum absolute atomic E-state index is 0.0495. The Kier molecular flexibility index (Phi) is 4.53. The summed E-state index contributed by atoms with van der Waals surface area (Å²) in [4.78, 5) is 28.6. The average molecular weight is 333 g/mol. The molecular weight excluding hydrogens is 314 g/mol. The highest BCUT2D eigenvalue weighted by Crippen LogP contribution is 2.22. The first-order chi connectivity index (χ1) is 12.0. The van der Waals surface area contributed by atoms with Crippen LogP contribution < -0.4 is 4.90 Å². The van der Waals surface area contributed by atoms with E-state index in [2.05, 4.69) is 0 Å². The van der Waals surface area contributed by atoms with Crippen molar-refractivity contribution in [3.63, 3.8) is 0 Å². The van der Waals surface area contributed by atoms with Gasteiger partial charge in [0, 0.05) is 23.8 Å². The van der Waals surface area contributed by atoms with Crippen molar-refractivity contribution >= 4 is 17.5 Å². The third-order valence-electron chi connectivity index (χ3n) is 4.42. The Bertz CT molecular complexity index is 852. The fourth-order valence-electron chi connectivity index (χ4n) is 3.02. The Morgan fingerprint density at radius 1 is 1.20 bits per heavy atom. The van der Waals surface area contributed by atoms with Gasteiger partial charge in [0.15, 0.2) is 0 Å². The average Bonchev–Trinajstić information content (AvgIpc) is 2.63. The van der Waals surface area contributed by atoms with Crippen molar-refractivity contribution in [3.8, 4) is 6.07 Å². The molecule has 1 heterocycles. The number of hydrogen-bond donors (Lipinski definition) is 0. The van der Waals surface area contributed by atoms with Crippen LogP contribution in [-0.4, -0.2) is 35.8 Å². The van der Waals surface area contributed by atoms with Gasteiger partial charge in [-0.05, 0) is 55.8 Å². The second kappa shape index (κ2) is 6.78. The molecule has 1 aliphatic heterocycles. The predicted octanol–water partition coefficient (Wildman–Crippen LogP) is 2.74. The molecule has 0 spiro atoms. The van der Waals surface area contributed by atoms with E-state index in [9.17, 15) is 9.59 Å². The fraction of sp³-hybridized carbons (Fsp3) is 0.250. The van der Waals surface area contributed by atoms with Gasteiger partial charge in [0.1, 0.15) is 6.54 Å². The van der Waals surface area contributed by atoms with Crippen LogP contribution >= 0.6 is 0 Å². The maximum atomic E-state index is 12.7. The molecule has 5 heteroatoms. The largest absolute Gasteiger partial charge is 0.325 e. The number of aryl methyl sites for hydroxylation is 1. The van der Waals surface area contributed by atoms with Crippen LogP contribution in [0.5, 0.6) is 0 Å². The predicted molar refractivity (Wildman–Crippen MR) is 95.2 cm³/mol. The summed E-state index contributed by atoms with van der Waals surface area (Å²) in [5.74, 6) is -0.278. The van der Waals surface area contributed by atoms with Crippen LogP contribution in [0.4, 0.5) is 5.69 Å². The molecule has 5 nitrogen and oxygen atoms in total. The second-order valence-electron chi connectivity index (χ2n) is 6.31. The highest BCUT2D eigenvalue weighted by atomic mass is 16.2. The molecule has 2 amide bonds. The van der Waals surface area contributed by atoms with Crippen LogP contribution in [0, 0.1) is 18.3 Å². The van der Waals surface area contributed by atoms with Gasteiger partial charge in [0.05, 0.1) is 11.6 Å². The van der Waals surface area contributed by atoms with E-state index in [1.54, 1.807) is 34.1 Å². The number of rotatable bonds is 2. The van der Waals surface area contributed by atoms with Gasteiger partial charge in [0.25, 0.3) is 5.91 Å². The van der Waals surface area contributed by atoms with Crippen molar-refractivity contribution < 1.29 is 9.59 Å². The van der Waals surface area contributed by atoms with Crippen molar-refractivity contribution in [3.05, 3.63) is 65.2 Å². The summed E-state index contributed by atoms with van der Waals surface area (Å²) in [6.07, 6.45) is 0. The Labute approximate surface area is 147 Å². The van der Waals surface area contributed by atoms with Gasteiger partial charge < -0.3 is 9.80 Å². The quantitative estimate of drug-likeness (QED) is 0.849. The van der Waals surface area contributed by atoms with Gasteiger partial charge in [-0.1, -0.05) is 12.1 Å². The first kappa shape index (κ1) is 16.7. The zero-order valence-electron chi connectivity index (χ0n) is 14.3. The number of benzene rings is 2. The normalized spacial score (nSPS) is 17.3. The molecule has 0 aliphatic carbocycles. The van der Waals surface area contributed by atoms with Crippen molar-refractivity contribution in [1.82, 2.24) is 4.90 Å². The summed E-state index contributed by atoms with van der Waals surface area (Å²) in [5, 5.41) is 8.85. The summed E-state index contributed by atoms with van der Waals surface area (Å²) in [6, 6.07) is 16.2. The summed E-state index contributed by atoms with van der Waals surface area (Å²) >= 11 is 0. The molecule has 1 fully saturated rings. The lowest BCUT2D eigenvalue weighted by molar-refractivity contribution is -0.121. The van der Waals surface area contributed by atoms with Crippen LogP contribution in [0.15, 0.2) is 48.5 Å². The van der Waals surface area contributed by atoms with Crippen molar-refractivity contribution in [2.45, 2.75) is 19.9 Å². The van der Waals surface area contributed by atoms with Crippen molar-refractivity contribution in [2.75, 3.05) is 18.0 Å². The molecule has 1 atom stereocenters. The lowest BCUT2D eigenvalue weighted by Gasteiger charge is -2.39. The summed E-state index contributed by atoms with van der Waals surface area (Å²) in [7, 11) is 0. The van der Waals surface area contributed by atoms with Gasteiger partial charge in [-0.3, -0.25) is 9.59 Å². The molecule has 2 aromatic rings. The molecule has 1 aliphatic rings. The zero-order chi connectivity index (χ0) is 18.0. The number of amides is 2. The first-order valence-corrected chi connectivity index (χ1v) is 8.18. The molecule has 25 heavy (non-hydrogen) atoms. The van der Waals surface area contributed by atoms with Crippen LogP contribution in [0.3, 0.4) is 0 Å². The van der Waals surface area contributed by atoms with E-state index < -0.39 is 0 Å². The smallest absolute Gasteiger partial charge is 0.254 e. The van der Waals surface area contributed by atoms with Gasteiger partial charge in [-0.15, -0.1) is 0 Å². The molecule has 3 rings (SSSR count). The van der Waals surface area contributed by atoms with Gasteiger partial charge in [-0.25, -0.2) is 0 Å². The summed E-state index contributed by atoms with van der Waals surface area (Å²) < 4.78 is 0. The van der Waals surface area contributed by atoms with Crippen molar-refractivity contribution in [2.24, 2.45) is 0 Å². The molecule has 0 aromatic heterocycles. The van der Waals surface area contributed by atoms with Crippen LogP contribution in [0.1, 0.15) is 28.4 Å². The van der Waals surface area contributed by atoms with E-state index in [0.717, 1.165) is 11.3 Å².